The van der Waals surface area contributed by atoms with Crippen LogP contribution in [0.3, 0.4) is 0 Å². The van der Waals surface area contributed by atoms with E-state index < -0.39 is 19.7 Å². The highest BCUT2D eigenvalue weighted by molar-refractivity contribution is 7.52. The van der Waals surface area contributed by atoms with Gasteiger partial charge in [0.2, 0.25) is 0 Å². The molecule has 7 heteroatoms. The Hall–Kier alpha value is -1.20. The van der Waals surface area contributed by atoms with E-state index in [0.717, 1.165) is 12.8 Å². The monoisotopic (exact) mass is 314 g/mol. The summed E-state index contributed by atoms with van der Waals surface area (Å²) >= 11 is 0. The molecule has 1 aliphatic rings. The predicted octanol–water partition coefficient (Wildman–Crippen LogP) is 2.41. The Morgan fingerprint density at radius 2 is 2.14 bits per heavy atom. The highest BCUT2D eigenvalue weighted by atomic mass is 31.2. The number of carbonyl (C=O) groups is 1. The number of hydrogen-bond donors (Lipinski definition) is 2. The maximum atomic E-state index is 12.1. The van der Waals surface area contributed by atoms with Crippen molar-refractivity contribution >= 4 is 13.6 Å². The van der Waals surface area contributed by atoms with Crippen molar-refractivity contribution in [2.24, 2.45) is 0 Å². The number of carboxylic acids is 1. The molecule has 2 rings (SSSR count). The molecule has 3 unspecified atom stereocenters. The Morgan fingerprint density at radius 3 is 2.71 bits per heavy atom. The minimum Gasteiger partial charge on any atom is -0.479 e. The van der Waals surface area contributed by atoms with Crippen LogP contribution < -0.4 is 0 Å². The molecule has 1 aliphatic heterocycles. The van der Waals surface area contributed by atoms with Gasteiger partial charge in [0.05, 0.1) is 12.3 Å². The second-order valence-corrected chi connectivity index (χ2v) is 6.89. The molecule has 2 N–H and O–H groups in total. The first-order valence-corrected chi connectivity index (χ1v) is 8.61. The molecule has 0 bridgehead atoms. The maximum absolute atomic E-state index is 12.1. The van der Waals surface area contributed by atoms with Gasteiger partial charge in [-0.2, -0.15) is 0 Å². The van der Waals surface area contributed by atoms with E-state index in [1.165, 1.54) is 0 Å². The van der Waals surface area contributed by atoms with E-state index in [-0.39, 0.29) is 18.7 Å². The number of aliphatic carboxylic acids is 1. The Morgan fingerprint density at radius 1 is 1.43 bits per heavy atom. The zero-order chi connectivity index (χ0) is 15.3. The zero-order valence-electron chi connectivity index (χ0n) is 11.6. The Labute approximate surface area is 123 Å². The van der Waals surface area contributed by atoms with Crippen molar-refractivity contribution in [3.8, 4) is 0 Å². The Bertz CT molecular complexity index is 511. The molecule has 3 atom stereocenters. The van der Waals surface area contributed by atoms with E-state index in [1.807, 2.05) is 0 Å². The smallest absolute Gasteiger partial charge is 0.333 e. The van der Waals surface area contributed by atoms with Crippen molar-refractivity contribution in [1.29, 1.82) is 0 Å². The molecular weight excluding hydrogens is 295 g/mol. The summed E-state index contributed by atoms with van der Waals surface area (Å²) in [5, 5.41) is 9.15. The molecule has 1 saturated heterocycles. The van der Waals surface area contributed by atoms with Crippen LogP contribution in [-0.4, -0.2) is 34.8 Å². The predicted molar refractivity (Wildman–Crippen MR) is 76.1 cm³/mol. The summed E-state index contributed by atoms with van der Waals surface area (Å²) in [4.78, 5) is 21.1. The largest absolute Gasteiger partial charge is 0.479 e. The Balaban J connectivity index is 1.97. The summed E-state index contributed by atoms with van der Waals surface area (Å²) < 4.78 is 22.4. The van der Waals surface area contributed by atoms with Crippen molar-refractivity contribution < 1.29 is 28.6 Å². The summed E-state index contributed by atoms with van der Waals surface area (Å²) in [7, 11) is -4.02. The summed E-state index contributed by atoms with van der Waals surface area (Å²) in [6.07, 6.45) is -0.0348. The standard InChI is InChI=1S/C14H19O6P/c15-14(16)13(9-12-7-4-8-19-12)20-21(17,18)10-11-5-2-1-3-6-11/h1-3,5-6,12-13H,4,7-10H2,(H,15,16)(H,17,18). The SMILES string of the molecule is O=C(O)C(CC1CCCO1)OP(=O)(O)Cc1ccccc1. The van der Waals surface area contributed by atoms with Gasteiger partial charge in [-0.1, -0.05) is 30.3 Å². The van der Waals surface area contributed by atoms with Crippen molar-refractivity contribution in [3.05, 3.63) is 35.9 Å². The van der Waals surface area contributed by atoms with E-state index in [2.05, 4.69) is 0 Å². The van der Waals surface area contributed by atoms with Crippen molar-refractivity contribution in [1.82, 2.24) is 0 Å². The molecule has 0 aromatic heterocycles. The van der Waals surface area contributed by atoms with Gasteiger partial charge in [-0.3, -0.25) is 9.09 Å². The lowest BCUT2D eigenvalue weighted by atomic mass is 10.1. The van der Waals surface area contributed by atoms with Crippen LogP contribution in [0.15, 0.2) is 30.3 Å². The molecule has 0 aliphatic carbocycles. The van der Waals surface area contributed by atoms with Crippen molar-refractivity contribution in [2.75, 3.05) is 6.61 Å². The van der Waals surface area contributed by atoms with Crippen LogP contribution in [0, 0.1) is 0 Å². The van der Waals surface area contributed by atoms with Gasteiger partial charge >= 0.3 is 13.6 Å². The van der Waals surface area contributed by atoms with E-state index >= 15 is 0 Å². The van der Waals surface area contributed by atoms with E-state index in [1.54, 1.807) is 30.3 Å². The molecule has 0 saturated carbocycles. The van der Waals surface area contributed by atoms with Crippen LogP contribution in [0.1, 0.15) is 24.8 Å². The van der Waals surface area contributed by atoms with Gasteiger partial charge in [-0.25, -0.2) is 4.79 Å². The summed E-state index contributed by atoms with van der Waals surface area (Å²) in [6.45, 7) is 0.595. The molecule has 0 spiro atoms. The average molecular weight is 314 g/mol. The number of carboxylic acid groups (broad SMARTS) is 1. The first-order chi connectivity index (χ1) is 9.96. The van der Waals surface area contributed by atoms with Gasteiger partial charge in [-0.05, 0) is 18.4 Å². The second kappa shape index (κ2) is 7.18. The lowest BCUT2D eigenvalue weighted by Gasteiger charge is -2.20. The van der Waals surface area contributed by atoms with Crippen LogP contribution in [-0.2, 0) is 24.8 Å². The van der Waals surface area contributed by atoms with E-state index in [0.29, 0.717) is 12.2 Å². The summed E-state index contributed by atoms with van der Waals surface area (Å²) in [6, 6.07) is 8.68. The second-order valence-electron chi connectivity index (χ2n) is 5.08. The van der Waals surface area contributed by atoms with Gasteiger partial charge in [0.1, 0.15) is 0 Å². The zero-order valence-corrected chi connectivity index (χ0v) is 12.4. The number of benzene rings is 1. The highest BCUT2D eigenvalue weighted by Crippen LogP contribution is 2.47. The molecule has 0 radical (unpaired) electrons. The molecule has 1 heterocycles. The minimum atomic E-state index is -4.02. The first-order valence-electron chi connectivity index (χ1n) is 6.85. The molecule has 116 valence electrons. The van der Waals surface area contributed by atoms with E-state index in [9.17, 15) is 14.3 Å². The Kier molecular flexibility index (Phi) is 5.53. The van der Waals surface area contributed by atoms with Gasteiger partial charge in [0.25, 0.3) is 0 Å². The third-order valence-electron chi connectivity index (χ3n) is 3.29. The highest BCUT2D eigenvalue weighted by Gasteiger charge is 2.33. The van der Waals surface area contributed by atoms with Crippen molar-refractivity contribution in [3.63, 3.8) is 0 Å². The molecule has 1 aromatic rings. The lowest BCUT2D eigenvalue weighted by molar-refractivity contribution is -0.147. The molecule has 0 amide bonds. The molecule has 21 heavy (non-hydrogen) atoms. The molecule has 1 aromatic carbocycles. The average Bonchev–Trinajstić information content (AvgIpc) is 2.91. The van der Waals surface area contributed by atoms with Gasteiger partial charge in [-0.15, -0.1) is 0 Å². The third-order valence-corrected chi connectivity index (χ3v) is 4.64. The minimum absolute atomic E-state index is 0.0919. The quantitative estimate of drug-likeness (QED) is 0.751. The number of rotatable bonds is 7. The number of hydrogen-bond acceptors (Lipinski definition) is 4. The number of ether oxygens (including phenoxy) is 1. The normalized spacial score (nSPS) is 22.6. The fourth-order valence-electron chi connectivity index (χ4n) is 2.31. The van der Waals surface area contributed by atoms with Gasteiger partial charge in [0.15, 0.2) is 6.10 Å². The topological polar surface area (TPSA) is 93.1 Å². The van der Waals surface area contributed by atoms with Crippen molar-refractivity contribution in [2.45, 2.75) is 37.6 Å². The van der Waals surface area contributed by atoms with Crippen LogP contribution in [0.25, 0.3) is 0 Å². The van der Waals surface area contributed by atoms with Crippen LogP contribution in [0.5, 0.6) is 0 Å². The fourth-order valence-corrected chi connectivity index (χ4v) is 3.63. The van der Waals surface area contributed by atoms with Gasteiger partial charge < -0.3 is 14.7 Å². The third kappa shape index (κ3) is 5.25. The van der Waals surface area contributed by atoms with Crippen LogP contribution in [0.2, 0.25) is 0 Å². The molecule has 1 fully saturated rings. The maximum Gasteiger partial charge on any atom is 0.333 e. The van der Waals surface area contributed by atoms with Crippen LogP contribution in [0.4, 0.5) is 0 Å². The summed E-state index contributed by atoms with van der Waals surface area (Å²) in [5.74, 6) is -1.24. The van der Waals surface area contributed by atoms with Crippen LogP contribution >= 0.6 is 7.60 Å². The summed E-state index contributed by atoms with van der Waals surface area (Å²) in [5.41, 5.74) is 0.629. The molecule has 6 nitrogen and oxygen atoms in total. The van der Waals surface area contributed by atoms with Gasteiger partial charge in [0, 0.05) is 13.0 Å². The molecular formula is C14H19O6P. The fraction of sp³-hybridized carbons (Fsp3) is 0.500. The first kappa shape index (κ1) is 16.2. The lowest BCUT2D eigenvalue weighted by Crippen LogP contribution is -2.28. The van der Waals surface area contributed by atoms with E-state index in [4.69, 9.17) is 14.4 Å².